The number of para-hydroxylation sites is 13. The van der Waals surface area contributed by atoms with E-state index in [0.29, 0.717) is 0 Å². The topological polar surface area (TPSA) is 42.3 Å². The smallest absolute Gasteiger partial charge is 0.297 e. The molecule has 8 heterocycles. The summed E-state index contributed by atoms with van der Waals surface area (Å²) in [6.07, 6.45) is 0. The monoisotopic (exact) mass is 1920 g/mol. The van der Waals surface area contributed by atoms with E-state index in [1.165, 1.54) is 127 Å². The Bertz CT molecular complexity index is 8630. The molecule has 0 N–H and O–H groups in total. The third-order valence-corrected chi connectivity index (χ3v) is 31.8. The first-order valence-electron chi connectivity index (χ1n) is 51.3. The van der Waals surface area contributed by atoms with E-state index in [4.69, 9.17) is 4.42 Å². The molecular formula is C135H96B3N9OS. The molecule has 0 saturated carbocycles. The van der Waals surface area contributed by atoms with E-state index in [2.05, 4.69) is 604 Å². The van der Waals surface area contributed by atoms with Crippen LogP contribution in [-0.2, 0) is 5.41 Å². The van der Waals surface area contributed by atoms with Crippen molar-refractivity contribution in [3.8, 4) is 0 Å². The Labute approximate surface area is 873 Å². The normalized spacial score (nSPS) is 13.5. The second-order valence-electron chi connectivity index (χ2n) is 39.3. The van der Waals surface area contributed by atoms with Gasteiger partial charge in [0, 0.05) is 173 Å². The minimum Gasteiger partial charge on any atom is -0.468 e. The number of hydrogen-bond donors (Lipinski definition) is 0. The fourth-order valence-corrected chi connectivity index (χ4v) is 25.9. The molecule has 7 aliphatic rings. The van der Waals surface area contributed by atoms with Crippen LogP contribution in [0.3, 0.4) is 0 Å². The zero-order valence-electron chi connectivity index (χ0n) is 82.0. The molecule has 21 aromatic carbocycles. The van der Waals surface area contributed by atoms with Gasteiger partial charge in [0.05, 0.1) is 17.0 Å². The van der Waals surface area contributed by atoms with Gasteiger partial charge in [0.25, 0.3) is 13.4 Å². The molecule has 0 fully saturated rings. The van der Waals surface area contributed by atoms with Crippen LogP contribution >= 0.6 is 11.3 Å². The Hall–Kier alpha value is -18.7. The third-order valence-electron chi connectivity index (χ3n) is 30.6. The molecule has 6 aliphatic heterocycles. The molecule has 0 radical (unpaired) electrons. The number of fused-ring (bicyclic) bond motifs is 17. The average Bonchev–Trinajstić information content (AvgIpc) is 1.54. The molecule has 23 aromatic rings. The summed E-state index contributed by atoms with van der Waals surface area (Å²) in [6.45, 7) is 5.01. The minimum atomic E-state index is -0.171. The van der Waals surface area contributed by atoms with Crippen LogP contribution in [0.5, 0.6) is 0 Å². The summed E-state index contributed by atoms with van der Waals surface area (Å²) >= 11 is 1.93. The van der Waals surface area contributed by atoms with Gasteiger partial charge in [-0.15, -0.1) is 11.3 Å². The first-order chi connectivity index (χ1) is 73.8. The zero-order chi connectivity index (χ0) is 98.7. The number of nitrogens with zero attached hydrogens (tertiary/aromatic N) is 9. The number of allylic oxidation sites excluding steroid dienone is 1. The maximum absolute atomic E-state index is 6.87. The summed E-state index contributed by atoms with van der Waals surface area (Å²) in [6, 6.07) is 197. The molecule has 2 aromatic heterocycles. The van der Waals surface area contributed by atoms with Crippen molar-refractivity contribution in [2.24, 2.45) is 0 Å². The molecule has 149 heavy (non-hydrogen) atoms. The Morgan fingerprint density at radius 1 is 0.228 bits per heavy atom. The van der Waals surface area contributed by atoms with E-state index in [9.17, 15) is 0 Å². The van der Waals surface area contributed by atoms with Gasteiger partial charge in [0.1, 0.15) is 5.58 Å². The molecule has 0 amide bonds. The van der Waals surface area contributed by atoms with E-state index in [0.717, 1.165) is 108 Å². The zero-order valence-corrected chi connectivity index (χ0v) is 82.9. The van der Waals surface area contributed by atoms with Gasteiger partial charge in [0.2, 0.25) is 6.71 Å². The summed E-state index contributed by atoms with van der Waals surface area (Å²) in [4.78, 5) is 21.8. The number of furan rings is 1. The average molecular weight is 1920 g/mol. The molecule has 1 aliphatic carbocycles. The lowest BCUT2D eigenvalue weighted by atomic mass is 9.30. The lowest BCUT2D eigenvalue weighted by Gasteiger charge is -2.46. The lowest BCUT2D eigenvalue weighted by molar-refractivity contribution is 0.651. The Morgan fingerprint density at radius 2 is 0.517 bits per heavy atom. The highest BCUT2D eigenvalue weighted by Gasteiger charge is 2.54. The molecule has 0 saturated heterocycles. The van der Waals surface area contributed by atoms with Gasteiger partial charge in [-0.3, -0.25) is 0 Å². The van der Waals surface area contributed by atoms with Crippen LogP contribution in [0, 0.1) is 0 Å². The molecule has 0 unspecified atom stereocenters. The van der Waals surface area contributed by atoms with Crippen molar-refractivity contribution in [3.05, 3.63) is 563 Å². The Balaban J connectivity index is 0.000000108. The molecule has 702 valence electrons. The van der Waals surface area contributed by atoms with Crippen molar-refractivity contribution in [2.75, 3.05) is 44.1 Å². The highest BCUT2D eigenvalue weighted by Crippen LogP contribution is 2.58. The van der Waals surface area contributed by atoms with Crippen LogP contribution in [0.4, 0.5) is 148 Å². The van der Waals surface area contributed by atoms with Gasteiger partial charge in [-0.2, -0.15) is 0 Å². The molecule has 0 atom stereocenters. The van der Waals surface area contributed by atoms with Crippen LogP contribution in [0.15, 0.2) is 556 Å². The van der Waals surface area contributed by atoms with Gasteiger partial charge < -0.3 is 48.5 Å². The van der Waals surface area contributed by atoms with Crippen molar-refractivity contribution < 1.29 is 4.42 Å². The van der Waals surface area contributed by atoms with Gasteiger partial charge >= 0.3 is 0 Å². The first-order valence-corrected chi connectivity index (χ1v) is 52.1. The number of hydrogen-bond acceptors (Lipinski definition) is 11. The van der Waals surface area contributed by atoms with Crippen LogP contribution in [0.25, 0.3) is 26.8 Å². The number of benzene rings is 21. The number of thiophene rings is 1. The fraction of sp³-hybridized carbons (Fsp3) is 0.0222. The highest BCUT2D eigenvalue weighted by atomic mass is 32.1. The number of anilines is 26. The highest BCUT2D eigenvalue weighted by molar-refractivity contribution is 7.33. The van der Waals surface area contributed by atoms with Crippen molar-refractivity contribution in [3.63, 3.8) is 0 Å². The molecule has 0 bridgehead atoms. The largest absolute Gasteiger partial charge is 0.468 e. The van der Waals surface area contributed by atoms with E-state index >= 15 is 0 Å². The fourth-order valence-electron chi connectivity index (χ4n) is 24.5. The molecule has 10 nitrogen and oxygen atoms in total. The summed E-state index contributed by atoms with van der Waals surface area (Å²) in [5.41, 5.74) is 45.1. The predicted octanol–water partition coefficient (Wildman–Crippen LogP) is 31.4. The molecule has 14 heteroatoms. The van der Waals surface area contributed by atoms with E-state index in [1.54, 1.807) is 0 Å². The maximum atomic E-state index is 6.87. The predicted molar refractivity (Wildman–Crippen MR) is 631 cm³/mol. The Kier molecular flexibility index (Phi) is 21.6. The van der Waals surface area contributed by atoms with Crippen LogP contribution in [0.2, 0.25) is 0 Å². The summed E-state index contributed by atoms with van der Waals surface area (Å²) in [5, 5.41) is 2.42. The van der Waals surface area contributed by atoms with Crippen molar-refractivity contribution in [1.29, 1.82) is 0 Å². The minimum absolute atomic E-state index is 0.0608. The van der Waals surface area contributed by atoms with Gasteiger partial charge in [0.15, 0.2) is 0 Å². The summed E-state index contributed by atoms with van der Waals surface area (Å²) in [7, 11) is 0. The third kappa shape index (κ3) is 14.6. The first kappa shape index (κ1) is 88.0. The van der Waals surface area contributed by atoms with Gasteiger partial charge in [-0.05, 0) is 275 Å². The second-order valence-corrected chi connectivity index (χ2v) is 40.3. The maximum Gasteiger partial charge on any atom is 0.297 e. The van der Waals surface area contributed by atoms with Crippen molar-refractivity contribution in [1.82, 2.24) is 0 Å². The van der Waals surface area contributed by atoms with Crippen molar-refractivity contribution in [2.45, 2.75) is 19.3 Å². The quantitative estimate of drug-likeness (QED) is 0.0928. The van der Waals surface area contributed by atoms with E-state index in [-0.39, 0.29) is 25.6 Å². The summed E-state index contributed by atoms with van der Waals surface area (Å²) < 4.78 is 9.58. The van der Waals surface area contributed by atoms with Crippen LogP contribution in [-0.4, -0.2) is 20.1 Å². The molecule has 30 rings (SSSR count). The number of rotatable bonds is 15. The van der Waals surface area contributed by atoms with E-state index in [1.807, 2.05) is 11.3 Å². The molecule has 0 spiro atoms. The van der Waals surface area contributed by atoms with Crippen molar-refractivity contribution >= 4 is 249 Å². The Morgan fingerprint density at radius 3 is 0.946 bits per heavy atom. The SMILES string of the molecule is CC1(C)C2=C(c3ccccc31)N(c1ccccc1)c1cccc3c1B2c1ccccc1N3c1cccc(N(c2ccccc2)c2ccccc2)c1.c1ccc(N(c2ccccc2)c2cccc(N3c4ccccc4B4c5oc6ccccc6c5N(c5ccccc5)c5cccc3c54)c2)cc1.c1ccc(N(c2ccccc2)c2cccc(N3c4ccccc4B4c5sc6ccccc6c5N(c5ccccc5)c5cccc3c54)c2)cc1. The lowest BCUT2D eigenvalue weighted by Crippen LogP contribution is -2.60. The second kappa shape index (κ2) is 36.5. The molecular weight excluding hydrogens is 1830 g/mol. The van der Waals surface area contributed by atoms with Gasteiger partial charge in [-0.1, -0.05) is 329 Å². The summed E-state index contributed by atoms with van der Waals surface area (Å²) in [5.74, 6) is 0. The van der Waals surface area contributed by atoms with E-state index < -0.39 is 0 Å². The van der Waals surface area contributed by atoms with Crippen LogP contribution in [0.1, 0.15) is 25.0 Å². The van der Waals surface area contributed by atoms with Crippen LogP contribution < -0.4 is 87.3 Å². The standard InChI is InChI=1S/C47H36BN3.C44H30BN3O.C44H30BN3S/c1-47(2)39-27-13-12-26-38(39)45-46(47)48-40-28-14-15-29-41(40)50(42-30-17-31-43(44(42)48)51(45)35-22-10-5-11-23-35)37-25-16-24-36(32-37)49(33-18-6-3-7-19-33)34-20-8-4-9-21-34;2*1-4-16-31(17-5-1)46(32-18-6-2-7-19-32)34-22-14-23-35(30-34)47-38-26-12-11-25-37(38)45-42-39(47)27-15-28-40(42)48(33-20-8-3-9-21-33)43-36-24-10-13-29-41(36)49-44(43)45/h3-32H,1-2H3;2*1-30H. The van der Waals surface area contributed by atoms with Gasteiger partial charge in [-0.25, -0.2) is 0 Å².